The average molecular weight is 376 g/mol. The van der Waals surface area contributed by atoms with Crippen LogP contribution in [0.1, 0.15) is 17.0 Å². The van der Waals surface area contributed by atoms with Crippen LogP contribution in [-0.4, -0.2) is 77.8 Å². The van der Waals surface area contributed by atoms with E-state index in [9.17, 15) is 5.11 Å². The number of aliphatic hydroxyl groups is 1. The largest absolute Gasteiger partial charge is 0.491 e. The molecule has 1 aromatic heterocycles. The molecule has 2 heterocycles. The Morgan fingerprint density at radius 2 is 2.07 bits per heavy atom. The molecule has 27 heavy (non-hydrogen) atoms. The van der Waals surface area contributed by atoms with E-state index in [2.05, 4.69) is 26.2 Å². The minimum atomic E-state index is -0.517. The van der Waals surface area contributed by atoms with Gasteiger partial charge in [-0.1, -0.05) is 22.4 Å². The van der Waals surface area contributed by atoms with Crippen LogP contribution in [0.4, 0.5) is 0 Å². The van der Waals surface area contributed by atoms with E-state index in [0.717, 1.165) is 55.5 Å². The summed E-state index contributed by atoms with van der Waals surface area (Å²) in [5, 5.41) is 17.9. The number of rotatable bonds is 9. The maximum Gasteiger partial charge on any atom is 0.122 e. The minimum absolute atomic E-state index is 0.278. The second kappa shape index (κ2) is 9.80. The molecule has 0 unspecified atom stereocenters. The van der Waals surface area contributed by atoms with Crippen molar-refractivity contribution in [3.05, 3.63) is 41.2 Å². The highest BCUT2D eigenvalue weighted by Gasteiger charge is 2.15. The van der Waals surface area contributed by atoms with Crippen LogP contribution < -0.4 is 4.74 Å². The van der Waals surface area contributed by atoms with Crippen molar-refractivity contribution < 1.29 is 19.2 Å². The first-order chi connectivity index (χ1) is 13.1. The normalized spacial score (nSPS) is 16.6. The Bertz CT molecular complexity index is 703. The Hall–Kier alpha value is -2.00. The number of aliphatic hydroxyl groups excluding tert-OH is 1. The number of morpholine rings is 1. The number of aryl methyl sites for hydroxylation is 1. The summed E-state index contributed by atoms with van der Waals surface area (Å²) in [4.78, 5) is 4.34. The molecule has 1 N–H and O–H groups in total. The monoisotopic (exact) mass is 376 g/mol. The molecule has 8 nitrogen and oxygen atoms in total. The summed E-state index contributed by atoms with van der Waals surface area (Å²) in [7, 11) is 2.02. The van der Waals surface area contributed by atoms with Crippen molar-refractivity contribution in [3.8, 4) is 5.75 Å². The molecule has 2 aromatic rings. The summed E-state index contributed by atoms with van der Waals surface area (Å²) in [6, 6.07) is 7.94. The molecule has 1 fully saturated rings. The van der Waals surface area contributed by atoms with Crippen molar-refractivity contribution in [1.82, 2.24) is 20.1 Å². The first-order valence-corrected chi connectivity index (χ1v) is 9.26. The molecule has 0 saturated carbocycles. The van der Waals surface area contributed by atoms with E-state index in [4.69, 9.17) is 14.1 Å². The van der Waals surface area contributed by atoms with Crippen LogP contribution in [0, 0.1) is 6.92 Å². The third kappa shape index (κ3) is 6.28. The summed E-state index contributed by atoms with van der Waals surface area (Å²) in [5.74, 6) is 0.765. The SMILES string of the molecule is Cc1nonc1CN(C)Cc1cccc(OC[C@H](O)CN2CCOCC2)c1. The van der Waals surface area contributed by atoms with Crippen LogP contribution in [0.25, 0.3) is 0 Å². The van der Waals surface area contributed by atoms with Gasteiger partial charge in [0.05, 0.1) is 13.2 Å². The number of ether oxygens (including phenoxy) is 2. The zero-order valence-electron chi connectivity index (χ0n) is 16.0. The van der Waals surface area contributed by atoms with Crippen LogP contribution in [0.15, 0.2) is 28.9 Å². The lowest BCUT2D eigenvalue weighted by molar-refractivity contribution is 0.00464. The number of hydrogen-bond acceptors (Lipinski definition) is 8. The number of aromatic nitrogens is 2. The topological polar surface area (TPSA) is 84.1 Å². The van der Waals surface area contributed by atoms with Gasteiger partial charge in [0, 0.05) is 32.7 Å². The maximum atomic E-state index is 10.2. The molecule has 8 heteroatoms. The molecule has 148 valence electrons. The number of hydrogen-bond donors (Lipinski definition) is 1. The van der Waals surface area contributed by atoms with E-state index < -0.39 is 6.10 Å². The summed E-state index contributed by atoms with van der Waals surface area (Å²) in [6.07, 6.45) is -0.517. The number of benzene rings is 1. The Kier molecular flexibility index (Phi) is 7.17. The van der Waals surface area contributed by atoms with Crippen LogP contribution in [0.2, 0.25) is 0 Å². The van der Waals surface area contributed by atoms with Gasteiger partial charge in [0.15, 0.2) is 0 Å². The van der Waals surface area contributed by atoms with E-state index in [1.807, 2.05) is 32.2 Å². The summed E-state index contributed by atoms with van der Waals surface area (Å²) in [5.41, 5.74) is 2.79. The Morgan fingerprint density at radius 3 is 2.81 bits per heavy atom. The van der Waals surface area contributed by atoms with Crippen molar-refractivity contribution >= 4 is 0 Å². The highest BCUT2D eigenvalue weighted by atomic mass is 16.6. The smallest absolute Gasteiger partial charge is 0.122 e. The Morgan fingerprint density at radius 1 is 1.26 bits per heavy atom. The van der Waals surface area contributed by atoms with Crippen LogP contribution in [0.3, 0.4) is 0 Å². The average Bonchev–Trinajstić information content (AvgIpc) is 3.06. The van der Waals surface area contributed by atoms with Gasteiger partial charge in [-0.05, 0) is 31.7 Å². The molecule has 0 bridgehead atoms. The predicted molar refractivity (Wildman–Crippen MR) is 99.4 cm³/mol. The minimum Gasteiger partial charge on any atom is -0.491 e. The summed E-state index contributed by atoms with van der Waals surface area (Å²) in [6.45, 7) is 7.37. The third-order valence-corrected chi connectivity index (χ3v) is 4.53. The molecule has 1 aliphatic rings. The van der Waals surface area contributed by atoms with E-state index in [-0.39, 0.29) is 6.61 Å². The highest BCUT2D eigenvalue weighted by molar-refractivity contribution is 5.28. The predicted octanol–water partition coefficient (Wildman–Crippen LogP) is 1.08. The summed E-state index contributed by atoms with van der Waals surface area (Å²) < 4.78 is 15.9. The van der Waals surface area contributed by atoms with Crippen LogP contribution in [-0.2, 0) is 17.8 Å². The fourth-order valence-corrected chi connectivity index (χ4v) is 3.08. The standard InChI is InChI=1S/C19H28N4O4/c1-15-19(21-27-20-15)13-22(2)11-16-4-3-5-18(10-16)26-14-17(24)12-23-6-8-25-9-7-23/h3-5,10,17,24H,6-9,11-14H2,1-2H3/t17-/m1/s1. The molecule has 1 atom stereocenters. The van der Waals surface area contributed by atoms with Crippen LogP contribution >= 0.6 is 0 Å². The van der Waals surface area contributed by atoms with Crippen molar-refractivity contribution in [1.29, 1.82) is 0 Å². The lowest BCUT2D eigenvalue weighted by Crippen LogP contribution is -2.42. The van der Waals surface area contributed by atoms with Crippen LogP contribution in [0.5, 0.6) is 5.75 Å². The number of nitrogens with zero attached hydrogens (tertiary/aromatic N) is 4. The van der Waals surface area contributed by atoms with Gasteiger partial charge in [-0.15, -0.1) is 0 Å². The first-order valence-electron chi connectivity index (χ1n) is 9.26. The maximum absolute atomic E-state index is 10.2. The molecule has 0 spiro atoms. The van der Waals surface area contributed by atoms with Gasteiger partial charge in [-0.25, -0.2) is 4.63 Å². The first kappa shape index (κ1) is 19.8. The fraction of sp³-hybridized carbons (Fsp3) is 0.579. The molecule has 1 aromatic carbocycles. The van der Waals surface area contributed by atoms with Gasteiger partial charge in [0.2, 0.25) is 0 Å². The fourth-order valence-electron chi connectivity index (χ4n) is 3.08. The van der Waals surface area contributed by atoms with Gasteiger partial charge >= 0.3 is 0 Å². The molecule has 0 aliphatic carbocycles. The molecular formula is C19H28N4O4. The van der Waals surface area contributed by atoms with Crippen molar-refractivity contribution in [2.45, 2.75) is 26.1 Å². The molecule has 3 rings (SSSR count). The van der Waals surface area contributed by atoms with Crippen molar-refractivity contribution in [2.24, 2.45) is 0 Å². The third-order valence-electron chi connectivity index (χ3n) is 4.53. The summed E-state index contributed by atoms with van der Waals surface area (Å²) >= 11 is 0. The lowest BCUT2D eigenvalue weighted by atomic mass is 10.2. The zero-order chi connectivity index (χ0) is 19.1. The van der Waals surface area contributed by atoms with E-state index >= 15 is 0 Å². The second-order valence-corrected chi connectivity index (χ2v) is 6.99. The van der Waals surface area contributed by atoms with Gasteiger partial charge in [0.1, 0.15) is 29.8 Å². The van der Waals surface area contributed by atoms with Gasteiger partial charge in [0.25, 0.3) is 0 Å². The van der Waals surface area contributed by atoms with Gasteiger partial charge < -0.3 is 14.6 Å². The highest BCUT2D eigenvalue weighted by Crippen LogP contribution is 2.16. The molecular weight excluding hydrogens is 348 g/mol. The molecule has 0 amide bonds. The number of β-amino-alcohol motifs (C(OH)–C–C–N with tert-alkyl or cyclic N) is 1. The van der Waals surface area contributed by atoms with E-state index in [0.29, 0.717) is 13.1 Å². The van der Waals surface area contributed by atoms with E-state index in [1.54, 1.807) is 0 Å². The molecule has 1 aliphatic heterocycles. The second-order valence-electron chi connectivity index (χ2n) is 6.99. The van der Waals surface area contributed by atoms with Crippen molar-refractivity contribution in [3.63, 3.8) is 0 Å². The van der Waals surface area contributed by atoms with Gasteiger partial charge in [-0.2, -0.15) is 0 Å². The quantitative estimate of drug-likeness (QED) is 0.696. The molecule has 0 radical (unpaired) electrons. The zero-order valence-corrected chi connectivity index (χ0v) is 16.0. The Labute approximate surface area is 159 Å². The van der Waals surface area contributed by atoms with Crippen molar-refractivity contribution in [2.75, 3.05) is 46.5 Å². The lowest BCUT2D eigenvalue weighted by Gasteiger charge is -2.28. The molecule has 1 saturated heterocycles. The van der Waals surface area contributed by atoms with E-state index in [1.165, 1.54) is 0 Å². The van der Waals surface area contributed by atoms with Gasteiger partial charge in [-0.3, -0.25) is 9.80 Å². The Balaban J connectivity index is 1.45.